The molecule has 0 aromatic carbocycles. The van der Waals surface area contributed by atoms with Crippen molar-refractivity contribution in [2.45, 2.75) is 40.3 Å². The molecule has 1 aromatic rings. The Kier molecular flexibility index (Phi) is 5.38. The minimum Gasteiger partial charge on any atom is -0.506 e. The Morgan fingerprint density at radius 2 is 2.18 bits per heavy atom. The second kappa shape index (κ2) is 6.57. The van der Waals surface area contributed by atoms with Crippen molar-refractivity contribution in [3.8, 4) is 5.75 Å². The summed E-state index contributed by atoms with van der Waals surface area (Å²) >= 11 is 0. The normalized spacial score (nSPS) is 12.7. The summed E-state index contributed by atoms with van der Waals surface area (Å²) in [7, 11) is 0. The van der Waals surface area contributed by atoms with Crippen LogP contribution < -0.4 is 5.32 Å². The van der Waals surface area contributed by atoms with Gasteiger partial charge in [-0.15, -0.1) is 0 Å². The smallest absolute Gasteiger partial charge is 0.141 e. The van der Waals surface area contributed by atoms with Crippen molar-refractivity contribution in [1.82, 2.24) is 10.3 Å². The predicted octanol–water partition coefficient (Wildman–Crippen LogP) is 1.72. The average molecular weight is 238 g/mol. The molecule has 3 N–H and O–H groups in total. The van der Waals surface area contributed by atoms with Gasteiger partial charge in [0.1, 0.15) is 5.75 Å². The zero-order valence-electron chi connectivity index (χ0n) is 10.8. The Morgan fingerprint density at radius 3 is 2.76 bits per heavy atom. The van der Waals surface area contributed by atoms with E-state index in [4.69, 9.17) is 0 Å². The second-order valence-electron chi connectivity index (χ2n) is 4.50. The number of hydrogen-bond donors (Lipinski definition) is 3. The molecule has 0 radical (unpaired) electrons. The molecule has 4 heteroatoms. The summed E-state index contributed by atoms with van der Waals surface area (Å²) < 4.78 is 0. The molecule has 1 atom stereocenters. The minimum atomic E-state index is -0.0960. The second-order valence-corrected chi connectivity index (χ2v) is 4.50. The van der Waals surface area contributed by atoms with Crippen LogP contribution in [0.4, 0.5) is 0 Å². The van der Waals surface area contributed by atoms with Gasteiger partial charge in [-0.25, -0.2) is 0 Å². The summed E-state index contributed by atoms with van der Waals surface area (Å²) in [5, 5.41) is 22.4. The number of aromatic nitrogens is 1. The number of nitrogens with zero attached hydrogens (tertiary/aromatic N) is 1. The van der Waals surface area contributed by atoms with Crippen LogP contribution in [0.3, 0.4) is 0 Å². The van der Waals surface area contributed by atoms with E-state index in [1.807, 2.05) is 0 Å². The number of aryl methyl sites for hydroxylation is 1. The SMILES string of the molecule is CCC(C)CNCc1c(CO)cnc(C)c1O. The summed E-state index contributed by atoms with van der Waals surface area (Å²) in [6.07, 6.45) is 2.75. The molecule has 0 saturated carbocycles. The Bertz CT molecular complexity index is 367. The number of hydrogen-bond acceptors (Lipinski definition) is 4. The first-order valence-electron chi connectivity index (χ1n) is 6.08. The molecule has 0 saturated heterocycles. The van der Waals surface area contributed by atoms with Crippen molar-refractivity contribution >= 4 is 0 Å². The Labute approximate surface area is 103 Å². The largest absolute Gasteiger partial charge is 0.506 e. The molecule has 96 valence electrons. The lowest BCUT2D eigenvalue weighted by atomic mass is 10.1. The monoisotopic (exact) mass is 238 g/mol. The molecule has 4 nitrogen and oxygen atoms in total. The fourth-order valence-electron chi connectivity index (χ4n) is 1.61. The van der Waals surface area contributed by atoms with Gasteiger partial charge in [0, 0.05) is 23.9 Å². The fraction of sp³-hybridized carbons (Fsp3) is 0.615. The number of aliphatic hydroxyl groups is 1. The lowest BCUT2D eigenvalue weighted by Crippen LogP contribution is -2.21. The molecule has 1 rings (SSSR count). The minimum absolute atomic E-state index is 0.0960. The number of pyridine rings is 1. The molecule has 1 unspecified atom stereocenters. The number of aromatic hydroxyl groups is 1. The summed E-state index contributed by atoms with van der Waals surface area (Å²) in [4.78, 5) is 4.03. The Balaban J connectivity index is 2.72. The molecule has 0 aliphatic heterocycles. The molecular formula is C13H22N2O2. The lowest BCUT2D eigenvalue weighted by Gasteiger charge is -2.14. The van der Waals surface area contributed by atoms with Crippen LogP contribution in [0.25, 0.3) is 0 Å². The van der Waals surface area contributed by atoms with E-state index >= 15 is 0 Å². The van der Waals surface area contributed by atoms with E-state index in [1.165, 1.54) is 0 Å². The fourth-order valence-corrected chi connectivity index (χ4v) is 1.61. The molecule has 17 heavy (non-hydrogen) atoms. The number of rotatable bonds is 6. The van der Waals surface area contributed by atoms with Gasteiger partial charge >= 0.3 is 0 Å². The molecular weight excluding hydrogens is 216 g/mol. The van der Waals surface area contributed by atoms with Crippen LogP contribution >= 0.6 is 0 Å². The first kappa shape index (κ1) is 13.9. The van der Waals surface area contributed by atoms with Crippen LogP contribution in [0.15, 0.2) is 6.20 Å². The Morgan fingerprint density at radius 1 is 1.47 bits per heavy atom. The van der Waals surface area contributed by atoms with Gasteiger partial charge in [-0.2, -0.15) is 0 Å². The quantitative estimate of drug-likeness (QED) is 0.706. The van der Waals surface area contributed by atoms with Gasteiger partial charge in [-0.1, -0.05) is 20.3 Å². The van der Waals surface area contributed by atoms with Gasteiger partial charge in [0.15, 0.2) is 0 Å². The molecule has 0 aliphatic carbocycles. The van der Waals surface area contributed by atoms with E-state index in [0.717, 1.165) is 18.5 Å². The third-order valence-corrected chi connectivity index (χ3v) is 3.09. The van der Waals surface area contributed by atoms with Gasteiger partial charge < -0.3 is 15.5 Å². The summed E-state index contributed by atoms with van der Waals surface area (Å²) in [6, 6.07) is 0. The van der Waals surface area contributed by atoms with Crippen LogP contribution in [0.5, 0.6) is 5.75 Å². The van der Waals surface area contributed by atoms with Gasteiger partial charge in [0.25, 0.3) is 0 Å². The van der Waals surface area contributed by atoms with Gasteiger partial charge in [0.05, 0.1) is 12.3 Å². The molecule has 0 bridgehead atoms. The molecule has 0 spiro atoms. The van der Waals surface area contributed by atoms with Crippen molar-refractivity contribution in [2.75, 3.05) is 6.54 Å². The Hall–Kier alpha value is -1.13. The van der Waals surface area contributed by atoms with Crippen LogP contribution in [0, 0.1) is 12.8 Å². The van der Waals surface area contributed by atoms with Crippen LogP contribution in [0.1, 0.15) is 37.1 Å². The summed E-state index contributed by atoms with van der Waals surface area (Å²) in [6.45, 7) is 7.46. The molecule has 0 amide bonds. The molecule has 0 fully saturated rings. The highest BCUT2D eigenvalue weighted by molar-refractivity contribution is 5.40. The summed E-state index contributed by atoms with van der Waals surface area (Å²) in [5.74, 6) is 0.797. The van der Waals surface area contributed by atoms with Crippen molar-refractivity contribution in [2.24, 2.45) is 5.92 Å². The summed E-state index contributed by atoms with van der Waals surface area (Å²) in [5.41, 5.74) is 2.04. The first-order valence-corrected chi connectivity index (χ1v) is 6.08. The third-order valence-electron chi connectivity index (χ3n) is 3.09. The van der Waals surface area contributed by atoms with Crippen LogP contribution in [-0.4, -0.2) is 21.7 Å². The van der Waals surface area contributed by atoms with Crippen LogP contribution in [0.2, 0.25) is 0 Å². The number of nitrogens with one attached hydrogen (secondary N) is 1. The lowest BCUT2D eigenvalue weighted by molar-refractivity contribution is 0.278. The maximum absolute atomic E-state index is 9.92. The number of aliphatic hydroxyl groups excluding tert-OH is 1. The van der Waals surface area contributed by atoms with Gasteiger partial charge in [0.2, 0.25) is 0 Å². The topological polar surface area (TPSA) is 65.4 Å². The highest BCUT2D eigenvalue weighted by Crippen LogP contribution is 2.23. The van der Waals surface area contributed by atoms with E-state index in [-0.39, 0.29) is 12.4 Å². The van der Waals surface area contributed by atoms with Crippen molar-refractivity contribution in [3.63, 3.8) is 0 Å². The highest BCUT2D eigenvalue weighted by Gasteiger charge is 2.11. The van der Waals surface area contributed by atoms with E-state index in [2.05, 4.69) is 24.1 Å². The van der Waals surface area contributed by atoms with E-state index in [0.29, 0.717) is 23.7 Å². The van der Waals surface area contributed by atoms with Crippen LogP contribution in [-0.2, 0) is 13.2 Å². The van der Waals surface area contributed by atoms with Gasteiger partial charge in [-0.05, 0) is 19.4 Å². The molecule has 1 aromatic heterocycles. The maximum atomic E-state index is 9.92. The van der Waals surface area contributed by atoms with Crippen molar-refractivity contribution < 1.29 is 10.2 Å². The van der Waals surface area contributed by atoms with Crippen molar-refractivity contribution in [3.05, 3.63) is 23.0 Å². The first-order chi connectivity index (χ1) is 8.10. The van der Waals surface area contributed by atoms with E-state index in [1.54, 1.807) is 13.1 Å². The standard InChI is InChI=1S/C13H22N2O2/c1-4-9(2)5-14-7-12-11(8-16)6-15-10(3)13(12)17/h6,9,14,16-17H,4-5,7-8H2,1-3H3. The predicted molar refractivity (Wildman–Crippen MR) is 67.7 cm³/mol. The average Bonchev–Trinajstić information content (AvgIpc) is 2.34. The molecule has 0 aliphatic rings. The highest BCUT2D eigenvalue weighted by atomic mass is 16.3. The van der Waals surface area contributed by atoms with Crippen molar-refractivity contribution in [1.29, 1.82) is 0 Å². The third kappa shape index (κ3) is 3.68. The van der Waals surface area contributed by atoms with E-state index in [9.17, 15) is 10.2 Å². The van der Waals surface area contributed by atoms with Gasteiger partial charge in [-0.3, -0.25) is 4.98 Å². The maximum Gasteiger partial charge on any atom is 0.141 e. The van der Waals surface area contributed by atoms with E-state index < -0.39 is 0 Å². The molecule has 1 heterocycles. The zero-order chi connectivity index (χ0) is 12.8. The zero-order valence-corrected chi connectivity index (χ0v) is 10.8.